The molecule has 0 bridgehead atoms. The van der Waals surface area contributed by atoms with Gasteiger partial charge in [0.25, 0.3) is 0 Å². The molecule has 0 aliphatic carbocycles. The molecule has 0 spiro atoms. The fraction of sp³-hybridized carbons (Fsp3) is 1.00. The average molecular weight is 228 g/mol. The fourth-order valence-corrected chi connectivity index (χ4v) is 2.94. The minimum absolute atomic E-state index is 0.338. The number of rotatable bonds is 9. The molecular formula is C15H32O. The minimum Gasteiger partial charge on any atom is -0.396 e. The molecule has 16 heavy (non-hydrogen) atoms. The van der Waals surface area contributed by atoms with Gasteiger partial charge >= 0.3 is 0 Å². The number of aliphatic hydroxyl groups is 1. The van der Waals surface area contributed by atoms with Crippen LogP contribution in [0.4, 0.5) is 0 Å². The SMILES string of the molecule is CCC[C@H](C)C[C@H](C)C[C@H](C)CC(C)CO. The van der Waals surface area contributed by atoms with Gasteiger partial charge in [-0.15, -0.1) is 0 Å². The second kappa shape index (κ2) is 9.04. The lowest BCUT2D eigenvalue weighted by molar-refractivity contribution is 0.204. The zero-order valence-electron chi connectivity index (χ0n) is 12.0. The fourth-order valence-electron chi connectivity index (χ4n) is 2.94. The Bertz CT molecular complexity index is 156. The van der Waals surface area contributed by atoms with Crippen molar-refractivity contribution in [3.05, 3.63) is 0 Å². The molecule has 0 saturated heterocycles. The second-order valence-corrected chi connectivity index (χ2v) is 6.10. The summed E-state index contributed by atoms with van der Waals surface area (Å²) in [6.07, 6.45) is 6.53. The molecule has 0 rings (SSSR count). The highest BCUT2D eigenvalue weighted by molar-refractivity contribution is 4.65. The third-order valence-corrected chi connectivity index (χ3v) is 3.51. The van der Waals surface area contributed by atoms with E-state index in [4.69, 9.17) is 5.11 Å². The van der Waals surface area contributed by atoms with Crippen molar-refractivity contribution in [3.63, 3.8) is 0 Å². The van der Waals surface area contributed by atoms with E-state index in [0.717, 1.165) is 17.8 Å². The average Bonchev–Trinajstić information content (AvgIpc) is 2.16. The van der Waals surface area contributed by atoms with Crippen LogP contribution in [-0.2, 0) is 0 Å². The summed E-state index contributed by atoms with van der Waals surface area (Å²) in [5.74, 6) is 2.94. The van der Waals surface area contributed by atoms with Gasteiger partial charge in [-0.25, -0.2) is 0 Å². The molecule has 0 saturated carbocycles. The molecule has 0 fully saturated rings. The Balaban J connectivity index is 3.72. The predicted octanol–water partition coefficient (Wildman–Crippen LogP) is 4.49. The maximum Gasteiger partial charge on any atom is 0.0456 e. The Morgan fingerprint density at radius 1 is 0.750 bits per heavy atom. The molecule has 0 aliphatic heterocycles. The Kier molecular flexibility index (Phi) is 9.02. The molecule has 1 unspecified atom stereocenters. The molecule has 0 aliphatic rings. The number of hydrogen-bond donors (Lipinski definition) is 1. The molecule has 0 heterocycles. The van der Waals surface area contributed by atoms with Gasteiger partial charge in [-0.3, -0.25) is 0 Å². The van der Waals surface area contributed by atoms with E-state index in [1.54, 1.807) is 0 Å². The van der Waals surface area contributed by atoms with Crippen LogP contribution in [0.1, 0.15) is 66.7 Å². The first-order chi connectivity index (χ1) is 7.49. The molecule has 0 radical (unpaired) electrons. The van der Waals surface area contributed by atoms with Crippen LogP contribution in [0.2, 0.25) is 0 Å². The zero-order chi connectivity index (χ0) is 12.6. The Morgan fingerprint density at radius 2 is 1.19 bits per heavy atom. The van der Waals surface area contributed by atoms with Gasteiger partial charge in [0, 0.05) is 6.61 Å². The van der Waals surface area contributed by atoms with Crippen molar-refractivity contribution < 1.29 is 5.11 Å². The Hall–Kier alpha value is -0.0400. The standard InChI is InChI=1S/C15H32O/c1-6-7-12(2)8-13(3)9-14(4)10-15(5)11-16/h12-16H,6-11H2,1-5H3/t12-,13-,14-,15?/m0/s1. The summed E-state index contributed by atoms with van der Waals surface area (Å²) in [5.41, 5.74) is 0. The third kappa shape index (κ3) is 8.15. The molecule has 0 aromatic heterocycles. The van der Waals surface area contributed by atoms with Crippen LogP contribution in [-0.4, -0.2) is 11.7 Å². The highest BCUT2D eigenvalue weighted by Crippen LogP contribution is 2.25. The van der Waals surface area contributed by atoms with Crippen molar-refractivity contribution >= 4 is 0 Å². The predicted molar refractivity (Wildman–Crippen MR) is 72.5 cm³/mol. The highest BCUT2D eigenvalue weighted by atomic mass is 16.3. The van der Waals surface area contributed by atoms with Gasteiger partial charge in [0.15, 0.2) is 0 Å². The van der Waals surface area contributed by atoms with E-state index in [9.17, 15) is 0 Å². The maximum absolute atomic E-state index is 9.03. The molecule has 1 N–H and O–H groups in total. The molecule has 0 aromatic rings. The van der Waals surface area contributed by atoms with Gasteiger partial charge in [0.05, 0.1) is 0 Å². The van der Waals surface area contributed by atoms with Gasteiger partial charge < -0.3 is 5.11 Å². The molecule has 4 atom stereocenters. The van der Waals surface area contributed by atoms with Crippen molar-refractivity contribution in [1.29, 1.82) is 0 Å². The normalized spacial score (nSPS) is 19.1. The largest absolute Gasteiger partial charge is 0.396 e. The van der Waals surface area contributed by atoms with E-state index in [-0.39, 0.29) is 0 Å². The first-order valence-electron chi connectivity index (χ1n) is 7.10. The third-order valence-electron chi connectivity index (χ3n) is 3.51. The summed E-state index contributed by atoms with van der Waals surface area (Å²) >= 11 is 0. The van der Waals surface area contributed by atoms with Crippen molar-refractivity contribution in [2.75, 3.05) is 6.61 Å². The van der Waals surface area contributed by atoms with Crippen molar-refractivity contribution in [1.82, 2.24) is 0 Å². The number of aliphatic hydroxyl groups excluding tert-OH is 1. The first-order valence-corrected chi connectivity index (χ1v) is 7.10. The first kappa shape index (κ1) is 16.0. The molecule has 0 aromatic carbocycles. The van der Waals surface area contributed by atoms with Gasteiger partial charge in [0.2, 0.25) is 0 Å². The smallest absolute Gasteiger partial charge is 0.0456 e. The summed E-state index contributed by atoms with van der Waals surface area (Å²) in [6.45, 7) is 11.8. The zero-order valence-corrected chi connectivity index (χ0v) is 12.0. The van der Waals surface area contributed by atoms with Crippen LogP contribution in [0, 0.1) is 23.7 Å². The topological polar surface area (TPSA) is 20.2 Å². The van der Waals surface area contributed by atoms with E-state index in [1.165, 1.54) is 32.1 Å². The van der Waals surface area contributed by atoms with E-state index >= 15 is 0 Å². The van der Waals surface area contributed by atoms with Crippen LogP contribution < -0.4 is 0 Å². The lowest BCUT2D eigenvalue weighted by Crippen LogP contribution is -2.12. The van der Waals surface area contributed by atoms with Crippen LogP contribution in [0.5, 0.6) is 0 Å². The van der Waals surface area contributed by atoms with E-state index in [2.05, 4.69) is 34.6 Å². The van der Waals surface area contributed by atoms with Crippen LogP contribution in [0.25, 0.3) is 0 Å². The van der Waals surface area contributed by atoms with Crippen LogP contribution >= 0.6 is 0 Å². The van der Waals surface area contributed by atoms with Crippen molar-refractivity contribution in [2.45, 2.75) is 66.7 Å². The highest BCUT2D eigenvalue weighted by Gasteiger charge is 2.14. The molecule has 98 valence electrons. The monoisotopic (exact) mass is 228 g/mol. The van der Waals surface area contributed by atoms with Crippen molar-refractivity contribution in [2.24, 2.45) is 23.7 Å². The lowest BCUT2D eigenvalue weighted by Gasteiger charge is -2.22. The summed E-state index contributed by atoms with van der Waals surface area (Å²) in [4.78, 5) is 0. The van der Waals surface area contributed by atoms with Gasteiger partial charge in [-0.1, -0.05) is 47.5 Å². The summed E-state index contributed by atoms with van der Waals surface area (Å²) in [6, 6.07) is 0. The van der Waals surface area contributed by atoms with Gasteiger partial charge in [-0.05, 0) is 42.9 Å². The van der Waals surface area contributed by atoms with Crippen LogP contribution in [0.3, 0.4) is 0 Å². The molecular weight excluding hydrogens is 196 g/mol. The maximum atomic E-state index is 9.03. The quantitative estimate of drug-likeness (QED) is 0.616. The van der Waals surface area contributed by atoms with Crippen molar-refractivity contribution in [3.8, 4) is 0 Å². The molecule has 1 heteroatoms. The van der Waals surface area contributed by atoms with E-state index in [0.29, 0.717) is 12.5 Å². The van der Waals surface area contributed by atoms with Gasteiger partial charge in [0.1, 0.15) is 0 Å². The molecule has 1 nitrogen and oxygen atoms in total. The van der Waals surface area contributed by atoms with Crippen LogP contribution in [0.15, 0.2) is 0 Å². The van der Waals surface area contributed by atoms with E-state index < -0.39 is 0 Å². The molecule has 0 amide bonds. The van der Waals surface area contributed by atoms with Gasteiger partial charge in [-0.2, -0.15) is 0 Å². The number of hydrogen-bond acceptors (Lipinski definition) is 1. The second-order valence-electron chi connectivity index (χ2n) is 6.10. The Morgan fingerprint density at radius 3 is 1.62 bits per heavy atom. The van der Waals surface area contributed by atoms with E-state index in [1.807, 2.05) is 0 Å². The summed E-state index contributed by atoms with van der Waals surface area (Å²) < 4.78 is 0. The minimum atomic E-state index is 0.338. The summed E-state index contributed by atoms with van der Waals surface area (Å²) in [7, 11) is 0. The lowest BCUT2D eigenvalue weighted by atomic mass is 9.85. The summed E-state index contributed by atoms with van der Waals surface area (Å²) in [5, 5.41) is 9.03. The Labute approximate surface area is 103 Å².